The summed E-state index contributed by atoms with van der Waals surface area (Å²) < 4.78 is 14.3. The average Bonchev–Trinajstić information content (AvgIpc) is 3.31. The van der Waals surface area contributed by atoms with Gasteiger partial charge in [-0.1, -0.05) is 11.3 Å². The molecular formula is C20H21FN4OS2. The first-order chi connectivity index (χ1) is 13.7. The van der Waals surface area contributed by atoms with Gasteiger partial charge in [0.2, 0.25) is 5.91 Å². The Kier molecular flexibility index (Phi) is 4.76. The Morgan fingerprint density at radius 2 is 2.07 bits per heavy atom. The molecule has 8 heteroatoms. The van der Waals surface area contributed by atoms with E-state index in [2.05, 4.69) is 20.2 Å². The predicted molar refractivity (Wildman–Crippen MR) is 112 cm³/mol. The van der Waals surface area contributed by atoms with Crippen molar-refractivity contribution in [2.24, 2.45) is 5.92 Å². The molecule has 1 amide bonds. The van der Waals surface area contributed by atoms with Crippen molar-refractivity contribution in [3.05, 3.63) is 34.6 Å². The zero-order chi connectivity index (χ0) is 19.1. The van der Waals surface area contributed by atoms with Crippen molar-refractivity contribution in [3.63, 3.8) is 0 Å². The highest BCUT2D eigenvalue weighted by molar-refractivity contribution is 7.22. The normalized spacial score (nSPS) is 19.6. The van der Waals surface area contributed by atoms with E-state index in [9.17, 15) is 9.18 Å². The van der Waals surface area contributed by atoms with Crippen molar-refractivity contribution >= 4 is 49.1 Å². The van der Waals surface area contributed by atoms with Crippen LogP contribution in [0.2, 0.25) is 0 Å². The molecule has 0 radical (unpaired) electrons. The van der Waals surface area contributed by atoms with Crippen molar-refractivity contribution in [1.82, 2.24) is 9.97 Å². The molecule has 0 spiro atoms. The van der Waals surface area contributed by atoms with Gasteiger partial charge in [-0.25, -0.2) is 14.4 Å². The molecule has 5 nitrogen and oxygen atoms in total. The second-order valence-electron chi connectivity index (χ2n) is 7.48. The first-order valence-electron chi connectivity index (χ1n) is 9.76. The summed E-state index contributed by atoms with van der Waals surface area (Å²) in [4.78, 5) is 25.6. The van der Waals surface area contributed by atoms with Gasteiger partial charge in [0.15, 0.2) is 10.3 Å². The molecule has 0 bridgehead atoms. The van der Waals surface area contributed by atoms with E-state index >= 15 is 0 Å². The van der Waals surface area contributed by atoms with E-state index in [1.807, 2.05) is 0 Å². The lowest BCUT2D eigenvalue weighted by Crippen LogP contribution is -2.40. The van der Waals surface area contributed by atoms with Gasteiger partial charge >= 0.3 is 0 Å². The number of piperidine rings is 1. The zero-order valence-electron chi connectivity index (χ0n) is 15.4. The van der Waals surface area contributed by atoms with Crippen LogP contribution in [0.4, 0.5) is 14.7 Å². The summed E-state index contributed by atoms with van der Waals surface area (Å²) in [5.74, 6) is -0.286. The Hall–Kier alpha value is -2.06. The second-order valence-corrected chi connectivity index (χ2v) is 9.57. The maximum atomic E-state index is 13.5. The van der Waals surface area contributed by atoms with E-state index < -0.39 is 0 Å². The maximum Gasteiger partial charge on any atom is 0.231 e. The van der Waals surface area contributed by atoms with Crippen molar-refractivity contribution < 1.29 is 9.18 Å². The maximum absolute atomic E-state index is 13.5. The Morgan fingerprint density at radius 3 is 2.96 bits per heavy atom. The number of fused-ring (bicyclic) bond motifs is 2. The van der Waals surface area contributed by atoms with E-state index in [0.717, 1.165) is 52.7 Å². The molecule has 1 N–H and O–H groups in total. The quantitative estimate of drug-likeness (QED) is 0.677. The number of nitrogens with one attached hydrogen (secondary N) is 1. The van der Waals surface area contributed by atoms with Gasteiger partial charge in [0.25, 0.3) is 0 Å². The average molecular weight is 417 g/mol. The Bertz CT molecular complexity index is 1010. The fourth-order valence-electron chi connectivity index (χ4n) is 4.00. The number of carbonyl (C=O) groups is 1. The molecule has 1 fully saturated rings. The van der Waals surface area contributed by atoms with Crippen molar-refractivity contribution in [2.45, 2.75) is 38.5 Å². The first kappa shape index (κ1) is 18.0. The molecule has 3 heterocycles. The fourth-order valence-corrected chi connectivity index (χ4v) is 6.08. The van der Waals surface area contributed by atoms with Crippen LogP contribution in [-0.2, 0) is 17.6 Å². The van der Waals surface area contributed by atoms with E-state index in [4.69, 9.17) is 0 Å². The monoisotopic (exact) mass is 416 g/mol. The molecule has 5 rings (SSSR count). The third kappa shape index (κ3) is 3.51. The molecule has 1 saturated heterocycles. The largest absolute Gasteiger partial charge is 0.347 e. The summed E-state index contributed by atoms with van der Waals surface area (Å²) in [5.41, 5.74) is 1.97. The van der Waals surface area contributed by atoms with Crippen molar-refractivity contribution in [1.29, 1.82) is 0 Å². The van der Waals surface area contributed by atoms with Crippen LogP contribution in [0.3, 0.4) is 0 Å². The Labute approximate surface area is 170 Å². The molecule has 0 saturated carbocycles. The number of hydrogen-bond acceptors (Lipinski definition) is 6. The van der Waals surface area contributed by atoms with Gasteiger partial charge in [0.05, 0.1) is 21.8 Å². The lowest BCUT2D eigenvalue weighted by atomic mass is 9.97. The van der Waals surface area contributed by atoms with Gasteiger partial charge in [0, 0.05) is 18.0 Å². The third-order valence-corrected chi connectivity index (χ3v) is 7.63. The second kappa shape index (κ2) is 7.40. The fraction of sp³-hybridized carbons (Fsp3) is 0.450. The standard InChI is InChI=1S/C20H21FN4OS2/c21-13-7-8-15-17(10-13)28-20(23-15)25-9-3-4-12(11-25)18(26)24-19-22-14-5-1-2-6-16(14)27-19/h7-8,10,12H,1-6,9,11H2,(H,22,24,26). The molecule has 3 aromatic rings. The van der Waals surface area contributed by atoms with Gasteiger partial charge in [-0.3, -0.25) is 4.79 Å². The lowest BCUT2D eigenvalue weighted by Gasteiger charge is -2.31. The number of amides is 1. The number of benzene rings is 1. The van der Waals surface area contributed by atoms with Gasteiger partial charge in [-0.15, -0.1) is 11.3 Å². The van der Waals surface area contributed by atoms with Gasteiger partial charge in [0.1, 0.15) is 5.82 Å². The number of nitrogens with zero attached hydrogens (tertiary/aromatic N) is 3. The van der Waals surface area contributed by atoms with Gasteiger partial charge in [-0.05, 0) is 56.7 Å². The summed E-state index contributed by atoms with van der Waals surface area (Å²) >= 11 is 3.11. The summed E-state index contributed by atoms with van der Waals surface area (Å²) in [6.45, 7) is 1.51. The Morgan fingerprint density at radius 1 is 1.18 bits per heavy atom. The molecule has 1 aliphatic heterocycles. The van der Waals surface area contributed by atoms with Crippen LogP contribution in [-0.4, -0.2) is 29.0 Å². The topological polar surface area (TPSA) is 58.1 Å². The molecule has 1 unspecified atom stereocenters. The minimum atomic E-state index is -0.246. The number of hydrogen-bond donors (Lipinski definition) is 1. The highest BCUT2D eigenvalue weighted by atomic mass is 32.1. The predicted octanol–water partition coefficient (Wildman–Crippen LogP) is 4.63. The van der Waals surface area contributed by atoms with E-state index in [1.54, 1.807) is 17.4 Å². The number of rotatable bonds is 3. The molecule has 2 aliphatic rings. The summed E-state index contributed by atoms with van der Waals surface area (Å²) in [6.07, 6.45) is 6.32. The van der Waals surface area contributed by atoms with E-state index in [0.29, 0.717) is 6.54 Å². The minimum Gasteiger partial charge on any atom is -0.347 e. The molecule has 1 aromatic carbocycles. The molecule has 1 atom stereocenters. The lowest BCUT2D eigenvalue weighted by molar-refractivity contribution is -0.120. The van der Waals surface area contributed by atoms with Crippen molar-refractivity contribution in [2.75, 3.05) is 23.3 Å². The summed E-state index contributed by atoms with van der Waals surface area (Å²) in [7, 11) is 0. The van der Waals surface area contributed by atoms with Crippen LogP contribution in [0.15, 0.2) is 18.2 Å². The van der Waals surface area contributed by atoms with Crippen LogP contribution in [0.1, 0.15) is 36.3 Å². The highest BCUT2D eigenvalue weighted by Crippen LogP contribution is 2.33. The number of thiazole rings is 2. The van der Waals surface area contributed by atoms with Crippen LogP contribution >= 0.6 is 22.7 Å². The molecule has 2 aromatic heterocycles. The summed E-state index contributed by atoms with van der Waals surface area (Å²) in [5, 5.41) is 4.65. The molecular weight excluding hydrogens is 395 g/mol. The smallest absolute Gasteiger partial charge is 0.231 e. The highest BCUT2D eigenvalue weighted by Gasteiger charge is 2.28. The summed E-state index contributed by atoms with van der Waals surface area (Å²) in [6, 6.07) is 4.67. The number of anilines is 2. The van der Waals surface area contributed by atoms with Crippen LogP contribution in [0, 0.1) is 11.7 Å². The van der Waals surface area contributed by atoms with Crippen LogP contribution in [0.5, 0.6) is 0 Å². The SMILES string of the molecule is O=C(Nc1nc2c(s1)CCCC2)C1CCCN(c2nc3ccc(F)cc3s2)C1. The van der Waals surface area contributed by atoms with Crippen molar-refractivity contribution in [3.8, 4) is 0 Å². The minimum absolute atomic E-state index is 0.0444. The molecule has 28 heavy (non-hydrogen) atoms. The van der Waals surface area contributed by atoms with E-state index in [1.165, 1.54) is 46.9 Å². The number of aromatic nitrogens is 2. The van der Waals surface area contributed by atoms with Gasteiger partial charge < -0.3 is 10.2 Å². The molecule has 1 aliphatic carbocycles. The third-order valence-electron chi connectivity index (χ3n) is 5.48. The Balaban J connectivity index is 1.29. The molecule has 146 valence electrons. The van der Waals surface area contributed by atoms with E-state index in [-0.39, 0.29) is 17.6 Å². The number of carbonyl (C=O) groups excluding carboxylic acids is 1. The van der Waals surface area contributed by atoms with Crippen LogP contribution in [0.25, 0.3) is 10.2 Å². The van der Waals surface area contributed by atoms with Gasteiger partial charge in [-0.2, -0.15) is 0 Å². The zero-order valence-corrected chi connectivity index (χ0v) is 17.0. The first-order valence-corrected chi connectivity index (χ1v) is 11.4. The number of halogens is 1. The van der Waals surface area contributed by atoms with Crippen LogP contribution < -0.4 is 10.2 Å². The number of aryl methyl sites for hydroxylation is 2.